The lowest BCUT2D eigenvalue weighted by Crippen LogP contribution is -2.28. The highest BCUT2D eigenvalue weighted by molar-refractivity contribution is 5.23. The Morgan fingerprint density at radius 1 is 1.33 bits per heavy atom. The molecule has 1 N–H and O–H groups in total. The second-order valence-electron chi connectivity index (χ2n) is 5.66. The van der Waals surface area contributed by atoms with Crippen molar-refractivity contribution in [3.63, 3.8) is 0 Å². The summed E-state index contributed by atoms with van der Waals surface area (Å²) in [5.74, 6) is 1.77. The summed E-state index contributed by atoms with van der Waals surface area (Å²) < 4.78 is 8.04. The quantitative estimate of drug-likeness (QED) is 0.871. The molecule has 0 aliphatic carbocycles. The molecular weight excluding hydrogens is 226 g/mol. The molecule has 0 radical (unpaired) electrons. The van der Waals surface area contributed by atoms with Gasteiger partial charge < -0.3 is 14.6 Å². The van der Waals surface area contributed by atoms with E-state index >= 15 is 0 Å². The van der Waals surface area contributed by atoms with Crippen molar-refractivity contribution < 1.29 is 4.74 Å². The van der Waals surface area contributed by atoms with Crippen molar-refractivity contribution >= 4 is 0 Å². The molecular formula is C14H23N3O. The molecule has 4 nitrogen and oxygen atoms in total. The minimum atomic E-state index is 0.499. The van der Waals surface area contributed by atoms with Crippen molar-refractivity contribution in [1.29, 1.82) is 0 Å². The van der Waals surface area contributed by atoms with Gasteiger partial charge in [-0.2, -0.15) is 0 Å². The molecule has 1 aromatic heterocycles. The Hall–Kier alpha value is -0.870. The van der Waals surface area contributed by atoms with Crippen LogP contribution in [0.25, 0.3) is 0 Å². The van der Waals surface area contributed by atoms with Gasteiger partial charge in [-0.1, -0.05) is 13.8 Å². The fraction of sp³-hybridized carbons (Fsp3) is 0.786. The van der Waals surface area contributed by atoms with Crippen LogP contribution in [0.1, 0.15) is 55.9 Å². The van der Waals surface area contributed by atoms with Gasteiger partial charge in [0.15, 0.2) is 0 Å². The second-order valence-corrected chi connectivity index (χ2v) is 5.66. The number of hydrogen-bond acceptors (Lipinski definition) is 3. The molecule has 0 saturated carbocycles. The minimum Gasteiger partial charge on any atom is -0.381 e. The van der Waals surface area contributed by atoms with Crippen LogP contribution >= 0.6 is 0 Å². The van der Waals surface area contributed by atoms with Crippen LogP contribution in [0.5, 0.6) is 0 Å². The molecule has 4 heteroatoms. The van der Waals surface area contributed by atoms with E-state index in [1.54, 1.807) is 0 Å². The first-order valence-electron chi connectivity index (χ1n) is 7.15. The number of aromatic nitrogens is 2. The van der Waals surface area contributed by atoms with Crippen LogP contribution in [0.2, 0.25) is 0 Å². The van der Waals surface area contributed by atoms with Gasteiger partial charge in [0.1, 0.15) is 5.82 Å². The number of ether oxygens (including phenoxy) is 1. The van der Waals surface area contributed by atoms with E-state index in [1.807, 2.05) is 0 Å². The molecule has 1 fully saturated rings. The molecule has 0 aromatic carbocycles. The van der Waals surface area contributed by atoms with Gasteiger partial charge in [-0.15, -0.1) is 0 Å². The normalized spacial score (nSPS) is 21.3. The van der Waals surface area contributed by atoms with E-state index in [1.165, 1.54) is 17.2 Å². The predicted octanol–water partition coefficient (Wildman–Crippen LogP) is 2.00. The van der Waals surface area contributed by atoms with E-state index in [2.05, 4.69) is 23.7 Å². The fourth-order valence-corrected chi connectivity index (χ4v) is 3.11. The molecule has 0 bridgehead atoms. The third-order valence-corrected chi connectivity index (χ3v) is 4.02. The number of fused-ring (bicyclic) bond motifs is 1. The second kappa shape index (κ2) is 5.02. The van der Waals surface area contributed by atoms with Gasteiger partial charge >= 0.3 is 0 Å². The molecule has 3 heterocycles. The van der Waals surface area contributed by atoms with Gasteiger partial charge in [0.05, 0.1) is 5.69 Å². The van der Waals surface area contributed by atoms with Crippen LogP contribution in [0, 0.1) is 0 Å². The molecule has 100 valence electrons. The Bertz CT molecular complexity index is 419. The highest BCUT2D eigenvalue weighted by Crippen LogP contribution is 2.30. The summed E-state index contributed by atoms with van der Waals surface area (Å²) in [4.78, 5) is 4.89. The van der Waals surface area contributed by atoms with Crippen molar-refractivity contribution in [1.82, 2.24) is 14.9 Å². The Balaban J connectivity index is 2.01. The van der Waals surface area contributed by atoms with E-state index in [-0.39, 0.29) is 0 Å². The van der Waals surface area contributed by atoms with Crippen LogP contribution in [0.3, 0.4) is 0 Å². The monoisotopic (exact) mass is 249 g/mol. The number of nitrogens with one attached hydrogen (secondary N) is 1. The summed E-state index contributed by atoms with van der Waals surface area (Å²) in [5.41, 5.74) is 2.75. The van der Waals surface area contributed by atoms with Gasteiger partial charge in [-0.05, 0) is 12.8 Å². The van der Waals surface area contributed by atoms with Crippen molar-refractivity contribution in [3.05, 3.63) is 17.2 Å². The third-order valence-electron chi connectivity index (χ3n) is 4.02. The van der Waals surface area contributed by atoms with E-state index in [4.69, 9.17) is 9.72 Å². The Morgan fingerprint density at radius 3 is 2.83 bits per heavy atom. The first-order valence-corrected chi connectivity index (χ1v) is 7.15. The maximum absolute atomic E-state index is 5.50. The maximum Gasteiger partial charge on any atom is 0.112 e. The summed E-state index contributed by atoms with van der Waals surface area (Å²) >= 11 is 0. The molecule has 0 atom stereocenters. The Kier molecular flexibility index (Phi) is 3.39. The maximum atomic E-state index is 5.50. The molecule has 2 aliphatic heterocycles. The number of rotatable bonds is 2. The van der Waals surface area contributed by atoms with Crippen LogP contribution < -0.4 is 5.32 Å². The highest BCUT2D eigenvalue weighted by Gasteiger charge is 2.27. The number of imidazole rings is 1. The van der Waals surface area contributed by atoms with Gasteiger partial charge in [0, 0.05) is 50.4 Å². The van der Waals surface area contributed by atoms with Crippen molar-refractivity contribution in [2.45, 2.75) is 51.6 Å². The van der Waals surface area contributed by atoms with E-state index < -0.39 is 0 Å². The molecule has 2 aliphatic rings. The van der Waals surface area contributed by atoms with Crippen LogP contribution in [0.15, 0.2) is 0 Å². The van der Waals surface area contributed by atoms with Gasteiger partial charge in [-0.25, -0.2) is 4.98 Å². The summed E-state index contributed by atoms with van der Waals surface area (Å²) in [7, 11) is 0. The van der Waals surface area contributed by atoms with E-state index in [0.717, 1.165) is 45.6 Å². The van der Waals surface area contributed by atoms with Crippen LogP contribution in [-0.2, 0) is 17.7 Å². The highest BCUT2D eigenvalue weighted by atomic mass is 16.5. The molecule has 18 heavy (non-hydrogen) atoms. The molecule has 0 unspecified atom stereocenters. The van der Waals surface area contributed by atoms with Crippen LogP contribution in [0.4, 0.5) is 0 Å². The van der Waals surface area contributed by atoms with Crippen LogP contribution in [-0.4, -0.2) is 29.3 Å². The largest absolute Gasteiger partial charge is 0.381 e. The lowest BCUT2D eigenvalue weighted by molar-refractivity contribution is 0.0678. The molecule has 0 spiro atoms. The Morgan fingerprint density at radius 2 is 2.11 bits per heavy atom. The first-order chi connectivity index (χ1) is 8.77. The number of nitrogens with zero attached hydrogens (tertiary/aromatic N) is 2. The standard InChI is InChI=1S/C14H23N3O/c1-10(2)14-16-12-9-15-6-3-13(12)17(14)11-4-7-18-8-5-11/h10-11,15H,3-9H2,1-2H3. The molecule has 0 amide bonds. The number of hydrogen-bond donors (Lipinski definition) is 1. The van der Waals surface area contributed by atoms with Gasteiger partial charge in [-0.3, -0.25) is 0 Å². The first kappa shape index (κ1) is 12.2. The summed E-state index contributed by atoms with van der Waals surface area (Å²) in [5, 5.41) is 3.42. The molecule has 1 aromatic rings. The SMILES string of the molecule is CC(C)c1nc2c(n1C1CCOCC1)CCNC2. The Labute approximate surface area is 109 Å². The average Bonchev–Trinajstić information content (AvgIpc) is 2.79. The molecule has 3 rings (SSSR count). The zero-order chi connectivity index (χ0) is 12.5. The van der Waals surface area contributed by atoms with Crippen molar-refractivity contribution in [2.24, 2.45) is 0 Å². The van der Waals surface area contributed by atoms with E-state index in [0.29, 0.717) is 12.0 Å². The van der Waals surface area contributed by atoms with Crippen molar-refractivity contribution in [3.8, 4) is 0 Å². The fourth-order valence-electron chi connectivity index (χ4n) is 3.11. The zero-order valence-corrected chi connectivity index (χ0v) is 11.4. The topological polar surface area (TPSA) is 39.1 Å². The lowest BCUT2D eigenvalue weighted by atomic mass is 10.1. The van der Waals surface area contributed by atoms with Gasteiger partial charge in [0.2, 0.25) is 0 Å². The summed E-state index contributed by atoms with van der Waals surface area (Å²) in [6.07, 6.45) is 3.39. The summed E-state index contributed by atoms with van der Waals surface area (Å²) in [6.45, 7) is 8.31. The average molecular weight is 249 g/mol. The molecule has 1 saturated heterocycles. The predicted molar refractivity (Wildman–Crippen MR) is 70.8 cm³/mol. The van der Waals surface area contributed by atoms with Gasteiger partial charge in [0.25, 0.3) is 0 Å². The zero-order valence-electron chi connectivity index (χ0n) is 11.4. The lowest BCUT2D eigenvalue weighted by Gasteiger charge is -2.28. The smallest absolute Gasteiger partial charge is 0.112 e. The third kappa shape index (κ3) is 2.08. The summed E-state index contributed by atoms with van der Waals surface area (Å²) in [6, 6.07) is 0.602. The van der Waals surface area contributed by atoms with E-state index in [9.17, 15) is 0 Å². The minimum absolute atomic E-state index is 0.499. The van der Waals surface area contributed by atoms with Crippen molar-refractivity contribution in [2.75, 3.05) is 19.8 Å².